The predicted molar refractivity (Wildman–Crippen MR) is 79.2 cm³/mol. The number of fused-ring (bicyclic) bond motifs is 1. The topological polar surface area (TPSA) is 59.1 Å². The second-order valence-corrected chi connectivity index (χ2v) is 4.79. The Morgan fingerprint density at radius 2 is 2.15 bits per heavy atom. The molecule has 1 aromatic carbocycles. The Labute approximate surface area is 118 Å². The van der Waals surface area contributed by atoms with Crippen LogP contribution in [0.2, 0.25) is 0 Å². The molecule has 104 valence electrons. The highest BCUT2D eigenvalue weighted by Gasteiger charge is 2.23. The van der Waals surface area contributed by atoms with Crippen LogP contribution in [0.5, 0.6) is 5.75 Å². The highest BCUT2D eigenvalue weighted by atomic mass is 16.5. The SMILES string of the molecule is CCNc1nc(C)cc(NC2COc3ccccc32)n1. The third-order valence-corrected chi connectivity index (χ3v) is 3.21. The Morgan fingerprint density at radius 1 is 1.30 bits per heavy atom. The summed E-state index contributed by atoms with van der Waals surface area (Å²) in [5, 5.41) is 6.56. The van der Waals surface area contributed by atoms with Gasteiger partial charge in [0.25, 0.3) is 0 Å². The minimum Gasteiger partial charge on any atom is -0.491 e. The molecule has 2 N–H and O–H groups in total. The maximum atomic E-state index is 5.67. The van der Waals surface area contributed by atoms with Crippen molar-refractivity contribution in [3.05, 3.63) is 41.6 Å². The second kappa shape index (κ2) is 5.36. The number of rotatable bonds is 4. The average Bonchev–Trinajstić information content (AvgIpc) is 2.82. The first-order valence-electron chi connectivity index (χ1n) is 6.84. The zero-order valence-electron chi connectivity index (χ0n) is 11.7. The highest BCUT2D eigenvalue weighted by molar-refractivity contribution is 5.48. The first kappa shape index (κ1) is 12.7. The molecule has 1 aliphatic heterocycles. The van der Waals surface area contributed by atoms with E-state index in [-0.39, 0.29) is 6.04 Å². The first-order chi connectivity index (χ1) is 9.76. The molecule has 1 unspecified atom stereocenters. The zero-order chi connectivity index (χ0) is 13.9. The van der Waals surface area contributed by atoms with Crippen LogP contribution in [0.1, 0.15) is 24.2 Å². The number of aryl methyl sites for hydroxylation is 1. The van der Waals surface area contributed by atoms with E-state index in [1.54, 1.807) is 0 Å². The van der Waals surface area contributed by atoms with Crippen LogP contribution in [0, 0.1) is 6.92 Å². The third-order valence-electron chi connectivity index (χ3n) is 3.21. The van der Waals surface area contributed by atoms with E-state index in [0.717, 1.165) is 23.8 Å². The minimum absolute atomic E-state index is 0.134. The van der Waals surface area contributed by atoms with Crippen molar-refractivity contribution in [3.8, 4) is 5.75 Å². The van der Waals surface area contributed by atoms with Gasteiger partial charge in [0, 0.05) is 23.9 Å². The number of para-hydroxylation sites is 1. The van der Waals surface area contributed by atoms with Gasteiger partial charge in [-0.1, -0.05) is 18.2 Å². The van der Waals surface area contributed by atoms with Crippen molar-refractivity contribution < 1.29 is 4.74 Å². The van der Waals surface area contributed by atoms with Crippen molar-refractivity contribution in [2.75, 3.05) is 23.8 Å². The summed E-state index contributed by atoms with van der Waals surface area (Å²) >= 11 is 0. The lowest BCUT2D eigenvalue weighted by Gasteiger charge is -2.14. The fraction of sp³-hybridized carbons (Fsp3) is 0.333. The molecule has 2 aromatic rings. The van der Waals surface area contributed by atoms with Crippen molar-refractivity contribution >= 4 is 11.8 Å². The quantitative estimate of drug-likeness (QED) is 0.894. The van der Waals surface area contributed by atoms with Crippen LogP contribution in [-0.2, 0) is 0 Å². The van der Waals surface area contributed by atoms with Crippen LogP contribution in [0.15, 0.2) is 30.3 Å². The Kier molecular flexibility index (Phi) is 3.41. The Balaban J connectivity index is 1.82. The van der Waals surface area contributed by atoms with E-state index in [1.807, 2.05) is 38.1 Å². The number of hydrogen-bond acceptors (Lipinski definition) is 5. The van der Waals surface area contributed by atoms with E-state index in [0.29, 0.717) is 12.6 Å². The van der Waals surface area contributed by atoms with Gasteiger partial charge < -0.3 is 15.4 Å². The molecule has 0 aliphatic carbocycles. The molecule has 0 bridgehead atoms. The van der Waals surface area contributed by atoms with Gasteiger partial charge in [-0.15, -0.1) is 0 Å². The zero-order valence-corrected chi connectivity index (χ0v) is 11.7. The number of hydrogen-bond donors (Lipinski definition) is 2. The summed E-state index contributed by atoms with van der Waals surface area (Å²) in [5.41, 5.74) is 2.11. The molecular weight excluding hydrogens is 252 g/mol. The summed E-state index contributed by atoms with van der Waals surface area (Å²) in [4.78, 5) is 8.82. The maximum Gasteiger partial charge on any atom is 0.224 e. The molecule has 5 heteroatoms. The molecule has 3 rings (SSSR count). The van der Waals surface area contributed by atoms with Gasteiger partial charge >= 0.3 is 0 Å². The van der Waals surface area contributed by atoms with Gasteiger partial charge in [0.05, 0.1) is 6.04 Å². The highest BCUT2D eigenvalue weighted by Crippen LogP contribution is 2.33. The van der Waals surface area contributed by atoms with Crippen molar-refractivity contribution in [2.45, 2.75) is 19.9 Å². The van der Waals surface area contributed by atoms with Gasteiger partial charge in [0.2, 0.25) is 5.95 Å². The summed E-state index contributed by atoms with van der Waals surface area (Å²) in [6, 6.07) is 10.2. The molecule has 5 nitrogen and oxygen atoms in total. The van der Waals surface area contributed by atoms with Crippen molar-refractivity contribution in [1.29, 1.82) is 0 Å². The lowest BCUT2D eigenvalue weighted by molar-refractivity contribution is 0.339. The van der Waals surface area contributed by atoms with Crippen molar-refractivity contribution in [3.63, 3.8) is 0 Å². The Morgan fingerprint density at radius 3 is 3.00 bits per heavy atom. The lowest BCUT2D eigenvalue weighted by atomic mass is 10.1. The fourth-order valence-electron chi connectivity index (χ4n) is 2.34. The summed E-state index contributed by atoms with van der Waals surface area (Å²) in [6.07, 6.45) is 0. The van der Waals surface area contributed by atoms with E-state index in [2.05, 4.69) is 26.7 Å². The smallest absolute Gasteiger partial charge is 0.224 e. The van der Waals surface area contributed by atoms with Gasteiger partial charge in [-0.25, -0.2) is 4.98 Å². The van der Waals surface area contributed by atoms with Gasteiger partial charge in [0.15, 0.2) is 0 Å². The molecule has 0 spiro atoms. The molecule has 0 radical (unpaired) electrons. The number of aromatic nitrogens is 2. The molecule has 0 amide bonds. The molecule has 1 aromatic heterocycles. The maximum absolute atomic E-state index is 5.67. The monoisotopic (exact) mass is 270 g/mol. The number of anilines is 2. The summed E-state index contributed by atoms with van der Waals surface area (Å²) in [7, 11) is 0. The molecular formula is C15H18N4O. The number of benzene rings is 1. The van der Waals surface area contributed by atoms with E-state index in [4.69, 9.17) is 4.74 Å². The predicted octanol–water partition coefficient (Wildman–Crippen LogP) is 2.76. The molecule has 20 heavy (non-hydrogen) atoms. The second-order valence-electron chi connectivity index (χ2n) is 4.79. The number of nitrogens with one attached hydrogen (secondary N) is 2. The number of nitrogens with zero attached hydrogens (tertiary/aromatic N) is 2. The summed E-state index contributed by atoms with van der Waals surface area (Å²) in [5.74, 6) is 2.42. The molecule has 0 saturated heterocycles. The molecule has 0 saturated carbocycles. The lowest BCUT2D eigenvalue weighted by Crippen LogP contribution is -2.14. The van der Waals surface area contributed by atoms with E-state index in [9.17, 15) is 0 Å². The van der Waals surface area contributed by atoms with Crippen molar-refractivity contribution in [1.82, 2.24) is 9.97 Å². The normalized spacial score (nSPS) is 16.4. The van der Waals surface area contributed by atoms with Crippen LogP contribution >= 0.6 is 0 Å². The summed E-state index contributed by atoms with van der Waals surface area (Å²) < 4.78 is 5.67. The Bertz CT molecular complexity index is 615. The van der Waals surface area contributed by atoms with E-state index in [1.165, 1.54) is 5.56 Å². The first-order valence-corrected chi connectivity index (χ1v) is 6.84. The van der Waals surface area contributed by atoms with E-state index < -0.39 is 0 Å². The molecule has 1 aliphatic rings. The van der Waals surface area contributed by atoms with E-state index >= 15 is 0 Å². The molecule has 2 heterocycles. The van der Waals surface area contributed by atoms with Crippen LogP contribution in [0.25, 0.3) is 0 Å². The Hall–Kier alpha value is -2.30. The number of ether oxygens (including phenoxy) is 1. The van der Waals surface area contributed by atoms with Crippen LogP contribution in [0.4, 0.5) is 11.8 Å². The minimum atomic E-state index is 0.134. The van der Waals surface area contributed by atoms with Crippen LogP contribution in [-0.4, -0.2) is 23.1 Å². The summed E-state index contributed by atoms with van der Waals surface area (Å²) in [6.45, 7) is 5.42. The third kappa shape index (κ3) is 2.52. The van der Waals surface area contributed by atoms with Gasteiger partial charge in [0.1, 0.15) is 18.2 Å². The molecule has 1 atom stereocenters. The largest absolute Gasteiger partial charge is 0.491 e. The fourth-order valence-corrected chi connectivity index (χ4v) is 2.34. The van der Waals surface area contributed by atoms with Crippen LogP contribution in [0.3, 0.4) is 0 Å². The van der Waals surface area contributed by atoms with Gasteiger partial charge in [-0.05, 0) is 19.9 Å². The average molecular weight is 270 g/mol. The standard InChI is InChI=1S/C15H18N4O/c1-3-16-15-17-10(2)8-14(19-15)18-12-9-20-13-7-5-4-6-11(12)13/h4-8,12H,3,9H2,1-2H3,(H2,16,17,18,19). The van der Waals surface area contributed by atoms with Crippen molar-refractivity contribution in [2.24, 2.45) is 0 Å². The van der Waals surface area contributed by atoms with Crippen LogP contribution < -0.4 is 15.4 Å². The van der Waals surface area contributed by atoms with Gasteiger partial charge in [-0.2, -0.15) is 4.98 Å². The van der Waals surface area contributed by atoms with Gasteiger partial charge in [-0.3, -0.25) is 0 Å². The molecule has 0 fully saturated rings.